The minimum Gasteiger partial charge on any atom is -0.338 e. The van der Waals surface area contributed by atoms with Gasteiger partial charge >= 0.3 is 0 Å². The molecule has 1 aliphatic heterocycles. The van der Waals surface area contributed by atoms with Gasteiger partial charge in [-0.25, -0.2) is 0 Å². The lowest BCUT2D eigenvalue weighted by Crippen LogP contribution is -2.27. The van der Waals surface area contributed by atoms with Crippen molar-refractivity contribution >= 4 is 22.2 Å². The quantitative estimate of drug-likeness (QED) is 0.773. The van der Waals surface area contributed by atoms with Crippen LogP contribution in [0.25, 0.3) is 4.96 Å². The highest BCUT2D eigenvalue weighted by molar-refractivity contribution is 7.19. The SMILES string of the molecule is Cc1nnc2sc(C(=O)N3CCCC3)c(C)n12. The van der Waals surface area contributed by atoms with Gasteiger partial charge in [-0.05, 0) is 26.7 Å². The van der Waals surface area contributed by atoms with E-state index in [-0.39, 0.29) is 5.91 Å². The summed E-state index contributed by atoms with van der Waals surface area (Å²) in [5.74, 6) is 0.990. The Balaban J connectivity index is 2.05. The number of carbonyl (C=O) groups is 1. The molecular formula is C11H14N4OS. The van der Waals surface area contributed by atoms with Gasteiger partial charge in [-0.2, -0.15) is 0 Å². The zero-order valence-electron chi connectivity index (χ0n) is 9.93. The maximum absolute atomic E-state index is 12.3. The van der Waals surface area contributed by atoms with Gasteiger partial charge in [-0.3, -0.25) is 9.20 Å². The lowest BCUT2D eigenvalue weighted by atomic mass is 10.3. The molecule has 1 aliphatic rings. The van der Waals surface area contributed by atoms with Crippen molar-refractivity contribution in [3.05, 3.63) is 16.4 Å². The highest BCUT2D eigenvalue weighted by atomic mass is 32.1. The maximum Gasteiger partial charge on any atom is 0.265 e. The van der Waals surface area contributed by atoms with Crippen LogP contribution in [0, 0.1) is 13.8 Å². The van der Waals surface area contributed by atoms with Crippen molar-refractivity contribution in [1.29, 1.82) is 0 Å². The number of likely N-dealkylation sites (tertiary alicyclic amines) is 1. The van der Waals surface area contributed by atoms with Gasteiger partial charge < -0.3 is 4.90 Å². The molecule has 0 N–H and O–H groups in total. The zero-order chi connectivity index (χ0) is 12.0. The third kappa shape index (κ3) is 1.55. The molecule has 0 spiro atoms. The standard InChI is InChI=1S/C11H14N4OS/c1-7-9(10(16)14-5-3-4-6-14)17-11-13-12-8(2)15(7)11/h3-6H2,1-2H3. The molecule has 1 saturated heterocycles. The molecule has 0 unspecified atom stereocenters. The Morgan fingerprint density at radius 1 is 1.24 bits per heavy atom. The van der Waals surface area contributed by atoms with Crippen LogP contribution in [0.4, 0.5) is 0 Å². The van der Waals surface area contributed by atoms with Crippen molar-refractivity contribution in [3.8, 4) is 0 Å². The molecule has 5 nitrogen and oxygen atoms in total. The summed E-state index contributed by atoms with van der Waals surface area (Å²) in [6, 6.07) is 0. The van der Waals surface area contributed by atoms with Gasteiger partial charge in [0, 0.05) is 18.8 Å². The average molecular weight is 250 g/mol. The topological polar surface area (TPSA) is 50.5 Å². The van der Waals surface area contributed by atoms with Crippen molar-refractivity contribution in [2.45, 2.75) is 26.7 Å². The summed E-state index contributed by atoms with van der Waals surface area (Å²) in [4.78, 5) is 15.9. The molecular weight excluding hydrogens is 236 g/mol. The molecule has 2 aromatic rings. The van der Waals surface area contributed by atoms with Crippen LogP contribution in [0.2, 0.25) is 0 Å². The van der Waals surface area contributed by atoms with Crippen LogP contribution in [0.1, 0.15) is 34.0 Å². The summed E-state index contributed by atoms with van der Waals surface area (Å²) < 4.78 is 1.95. The van der Waals surface area contributed by atoms with Crippen molar-refractivity contribution in [1.82, 2.24) is 19.5 Å². The van der Waals surface area contributed by atoms with E-state index in [1.165, 1.54) is 11.3 Å². The summed E-state index contributed by atoms with van der Waals surface area (Å²) in [6.07, 6.45) is 2.24. The minimum atomic E-state index is 0.148. The lowest BCUT2D eigenvalue weighted by Gasteiger charge is -2.14. The molecule has 0 aromatic carbocycles. The molecule has 1 amide bonds. The normalized spacial score (nSPS) is 16.0. The van der Waals surface area contributed by atoms with E-state index >= 15 is 0 Å². The molecule has 3 heterocycles. The highest BCUT2D eigenvalue weighted by Gasteiger charge is 2.24. The lowest BCUT2D eigenvalue weighted by molar-refractivity contribution is 0.0796. The first kappa shape index (κ1) is 10.7. The Morgan fingerprint density at radius 3 is 2.59 bits per heavy atom. The van der Waals surface area contributed by atoms with E-state index in [0.29, 0.717) is 0 Å². The summed E-state index contributed by atoms with van der Waals surface area (Å²) in [6.45, 7) is 5.64. The highest BCUT2D eigenvalue weighted by Crippen LogP contribution is 2.25. The van der Waals surface area contributed by atoms with E-state index in [2.05, 4.69) is 10.2 Å². The molecule has 0 saturated carbocycles. The zero-order valence-corrected chi connectivity index (χ0v) is 10.8. The van der Waals surface area contributed by atoms with E-state index in [9.17, 15) is 4.79 Å². The van der Waals surface area contributed by atoms with E-state index < -0.39 is 0 Å². The molecule has 17 heavy (non-hydrogen) atoms. The van der Waals surface area contributed by atoms with E-state index in [4.69, 9.17) is 0 Å². The van der Waals surface area contributed by atoms with Gasteiger partial charge in [0.1, 0.15) is 10.7 Å². The van der Waals surface area contributed by atoms with Crippen molar-refractivity contribution in [2.24, 2.45) is 0 Å². The minimum absolute atomic E-state index is 0.148. The van der Waals surface area contributed by atoms with Crippen molar-refractivity contribution < 1.29 is 4.79 Å². The average Bonchev–Trinajstić information content (AvgIpc) is 2.98. The summed E-state index contributed by atoms with van der Waals surface area (Å²) in [7, 11) is 0. The Morgan fingerprint density at radius 2 is 1.94 bits per heavy atom. The smallest absolute Gasteiger partial charge is 0.265 e. The number of amides is 1. The molecule has 3 rings (SSSR count). The van der Waals surface area contributed by atoms with Crippen LogP contribution < -0.4 is 0 Å². The first-order valence-corrected chi connectivity index (χ1v) is 6.60. The Hall–Kier alpha value is -1.43. The van der Waals surface area contributed by atoms with Gasteiger partial charge in [0.05, 0.1) is 0 Å². The van der Waals surface area contributed by atoms with E-state index in [1.807, 2.05) is 23.1 Å². The number of thiazole rings is 1. The number of aryl methyl sites for hydroxylation is 2. The predicted molar refractivity (Wildman–Crippen MR) is 65.5 cm³/mol. The molecule has 2 aromatic heterocycles. The van der Waals surface area contributed by atoms with Crippen LogP contribution in [0.15, 0.2) is 0 Å². The Labute approximate surface area is 103 Å². The molecule has 1 fully saturated rings. The number of hydrogen-bond acceptors (Lipinski definition) is 4. The summed E-state index contributed by atoms with van der Waals surface area (Å²) >= 11 is 1.44. The van der Waals surface area contributed by atoms with E-state index in [0.717, 1.165) is 47.3 Å². The van der Waals surface area contributed by atoms with Gasteiger partial charge in [0.2, 0.25) is 4.96 Å². The maximum atomic E-state index is 12.3. The van der Waals surface area contributed by atoms with Crippen LogP contribution in [0.5, 0.6) is 0 Å². The number of aromatic nitrogens is 3. The van der Waals surface area contributed by atoms with E-state index in [1.54, 1.807) is 0 Å². The largest absolute Gasteiger partial charge is 0.338 e. The fourth-order valence-electron chi connectivity index (χ4n) is 2.32. The second-order valence-corrected chi connectivity index (χ2v) is 5.36. The fourth-order valence-corrected chi connectivity index (χ4v) is 3.40. The molecule has 90 valence electrons. The summed E-state index contributed by atoms with van der Waals surface area (Å²) in [5, 5.41) is 8.08. The van der Waals surface area contributed by atoms with Crippen LogP contribution in [-0.2, 0) is 0 Å². The van der Waals surface area contributed by atoms with Gasteiger partial charge in [-0.1, -0.05) is 11.3 Å². The number of fused-ring (bicyclic) bond motifs is 1. The number of hydrogen-bond donors (Lipinski definition) is 0. The van der Waals surface area contributed by atoms with Gasteiger partial charge in [-0.15, -0.1) is 10.2 Å². The first-order valence-electron chi connectivity index (χ1n) is 5.79. The second-order valence-electron chi connectivity index (χ2n) is 4.38. The molecule has 0 aliphatic carbocycles. The van der Waals surface area contributed by atoms with Crippen LogP contribution in [-0.4, -0.2) is 38.5 Å². The summed E-state index contributed by atoms with van der Waals surface area (Å²) in [5.41, 5.74) is 0.962. The molecule has 6 heteroatoms. The molecule has 0 atom stereocenters. The third-order valence-corrected chi connectivity index (χ3v) is 4.36. The monoisotopic (exact) mass is 250 g/mol. The second kappa shape index (κ2) is 3.80. The van der Waals surface area contributed by atoms with Gasteiger partial charge in [0.25, 0.3) is 5.91 Å². The van der Waals surface area contributed by atoms with Gasteiger partial charge in [0.15, 0.2) is 0 Å². The van der Waals surface area contributed by atoms with Crippen LogP contribution >= 0.6 is 11.3 Å². The number of carbonyl (C=O) groups excluding carboxylic acids is 1. The molecule has 0 radical (unpaired) electrons. The third-order valence-electron chi connectivity index (χ3n) is 3.24. The Bertz CT molecular complexity index is 580. The molecule has 0 bridgehead atoms. The van der Waals surface area contributed by atoms with Crippen molar-refractivity contribution in [2.75, 3.05) is 13.1 Å². The predicted octanol–water partition coefficient (Wildman–Crippen LogP) is 1.64. The van der Waals surface area contributed by atoms with Crippen LogP contribution in [0.3, 0.4) is 0 Å². The number of rotatable bonds is 1. The number of nitrogens with zero attached hydrogens (tertiary/aromatic N) is 4. The fraction of sp³-hybridized carbons (Fsp3) is 0.545. The Kier molecular flexibility index (Phi) is 2.39. The van der Waals surface area contributed by atoms with Crippen molar-refractivity contribution in [3.63, 3.8) is 0 Å². The first-order chi connectivity index (χ1) is 8.18.